The van der Waals surface area contributed by atoms with Gasteiger partial charge in [-0.3, -0.25) is 0 Å². The van der Waals surface area contributed by atoms with Crippen molar-refractivity contribution in [2.24, 2.45) is 5.84 Å². The summed E-state index contributed by atoms with van der Waals surface area (Å²) in [6.07, 6.45) is 0.797. The lowest BCUT2D eigenvalue weighted by atomic mass is 10.1. The molecular formula is C14H15ClN4OS. The van der Waals surface area contributed by atoms with Crippen molar-refractivity contribution in [3.8, 4) is 0 Å². The number of benzene rings is 1. The molecule has 0 bridgehead atoms. The van der Waals surface area contributed by atoms with E-state index in [0.29, 0.717) is 24.8 Å². The highest BCUT2D eigenvalue weighted by Crippen LogP contribution is 2.26. The fourth-order valence-electron chi connectivity index (χ4n) is 2.15. The van der Waals surface area contributed by atoms with Gasteiger partial charge in [-0.15, -0.1) is 11.8 Å². The number of hydrogen-bond acceptors (Lipinski definition) is 6. The molecule has 110 valence electrons. The van der Waals surface area contributed by atoms with Crippen molar-refractivity contribution in [3.63, 3.8) is 0 Å². The van der Waals surface area contributed by atoms with E-state index in [4.69, 9.17) is 22.2 Å². The van der Waals surface area contributed by atoms with Gasteiger partial charge in [-0.2, -0.15) is 0 Å². The zero-order chi connectivity index (χ0) is 14.7. The monoisotopic (exact) mass is 322 g/mol. The second kappa shape index (κ2) is 6.62. The zero-order valence-corrected chi connectivity index (χ0v) is 12.9. The molecule has 3 N–H and O–H groups in total. The number of nitrogen functional groups attached to an aromatic ring is 1. The number of hydrazine groups is 1. The van der Waals surface area contributed by atoms with Gasteiger partial charge in [-0.25, -0.2) is 15.8 Å². The maximum absolute atomic E-state index is 5.88. The number of rotatable bonds is 4. The molecule has 0 atom stereocenters. The molecule has 0 unspecified atom stereocenters. The number of aromatic nitrogens is 2. The molecule has 1 aromatic heterocycles. The van der Waals surface area contributed by atoms with Crippen LogP contribution in [0.1, 0.15) is 17.1 Å². The normalized spacial score (nSPS) is 13.8. The van der Waals surface area contributed by atoms with E-state index in [1.807, 2.05) is 24.3 Å². The predicted octanol–water partition coefficient (Wildman–Crippen LogP) is 2.78. The van der Waals surface area contributed by atoms with Crippen LogP contribution in [0.15, 0.2) is 29.2 Å². The van der Waals surface area contributed by atoms with Gasteiger partial charge in [0.1, 0.15) is 11.6 Å². The minimum Gasteiger partial charge on any atom is -0.376 e. The molecule has 2 aromatic rings. The Morgan fingerprint density at radius 2 is 2.10 bits per heavy atom. The van der Waals surface area contributed by atoms with E-state index in [1.165, 1.54) is 0 Å². The highest BCUT2D eigenvalue weighted by molar-refractivity contribution is 7.98. The summed E-state index contributed by atoms with van der Waals surface area (Å²) in [6.45, 7) is 1.21. The second-order valence-electron chi connectivity index (χ2n) is 4.60. The fraction of sp³-hybridized carbons (Fsp3) is 0.286. The van der Waals surface area contributed by atoms with E-state index in [-0.39, 0.29) is 0 Å². The Bertz CT molecular complexity index is 618. The van der Waals surface area contributed by atoms with Gasteiger partial charge in [-0.05, 0) is 24.3 Å². The average molecular weight is 323 g/mol. The Kier molecular flexibility index (Phi) is 4.60. The molecule has 0 spiro atoms. The van der Waals surface area contributed by atoms with E-state index in [1.54, 1.807) is 11.8 Å². The van der Waals surface area contributed by atoms with Crippen LogP contribution < -0.4 is 11.3 Å². The first-order valence-electron chi connectivity index (χ1n) is 6.57. The predicted molar refractivity (Wildman–Crippen MR) is 84.2 cm³/mol. The maximum Gasteiger partial charge on any atom is 0.149 e. The molecule has 0 saturated heterocycles. The minimum absolute atomic E-state index is 0.513. The Morgan fingerprint density at radius 3 is 2.86 bits per heavy atom. The number of hydrogen-bond donors (Lipinski definition) is 2. The number of nitrogens with one attached hydrogen (secondary N) is 1. The number of nitrogens with two attached hydrogens (primary N) is 1. The van der Waals surface area contributed by atoms with Crippen molar-refractivity contribution in [1.82, 2.24) is 9.97 Å². The molecule has 7 heteroatoms. The molecule has 1 aliphatic rings. The van der Waals surface area contributed by atoms with Gasteiger partial charge < -0.3 is 10.2 Å². The molecule has 0 fully saturated rings. The van der Waals surface area contributed by atoms with Crippen LogP contribution in [0.25, 0.3) is 0 Å². The zero-order valence-electron chi connectivity index (χ0n) is 11.3. The number of anilines is 1. The highest BCUT2D eigenvalue weighted by Gasteiger charge is 2.17. The summed E-state index contributed by atoms with van der Waals surface area (Å²) in [7, 11) is 0. The topological polar surface area (TPSA) is 73.1 Å². The minimum atomic E-state index is 0.513. The summed E-state index contributed by atoms with van der Waals surface area (Å²) >= 11 is 7.55. The van der Waals surface area contributed by atoms with Gasteiger partial charge in [0.2, 0.25) is 0 Å². The average Bonchev–Trinajstić information content (AvgIpc) is 2.53. The van der Waals surface area contributed by atoms with Crippen LogP contribution in [0, 0.1) is 0 Å². The summed E-state index contributed by atoms with van der Waals surface area (Å²) in [6, 6.07) is 7.73. The fourth-order valence-corrected chi connectivity index (χ4v) is 3.03. The molecule has 0 amide bonds. The van der Waals surface area contributed by atoms with E-state index in [2.05, 4.69) is 15.4 Å². The summed E-state index contributed by atoms with van der Waals surface area (Å²) in [5, 5.41) is 0.735. The van der Waals surface area contributed by atoms with E-state index >= 15 is 0 Å². The summed E-state index contributed by atoms with van der Waals surface area (Å²) in [5.74, 6) is 7.66. The molecule has 2 heterocycles. The van der Waals surface area contributed by atoms with E-state index < -0.39 is 0 Å². The Labute approximate surface area is 132 Å². The molecule has 1 aliphatic heterocycles. The molecular weight excluding hydrogens is 308 g/mol. The number of thioether (sulfide) groups is 1. The number of nitrogens with zero attached hydrogens (tertiary/aromatic N) is 2. The molecule has 0 saturated carbocycles. The third-order valence-corrected chi connectivity index (χ3v) is 4.45. The first-order valence-corrected chi connectivity index (χ1v) is 7.94. The van der Waals surface area contributed by atoms with Gasteiger partial charge in [-0.1, -0.05) is 11.6 Å². The van der Waals surface area contributed by atoms with E-state index in [9.17, 15) is 0 Å². The summed E-state index contributed by atoms with van der Waals surface area (Å²) < 4.78 is 5.43. The quantitative estimate of drug-likeness (QED) is 0.512. The summed E-state index contributed by atoms with van der Waals surface area (Å²) in [5.41, 5.74) is 4.63. The molecule has 1 aromatic carbocycles. The third-order valence-electron chi connectivity index (χ3n) is 3.19. The van der Waals surface area contributed by atoms with Crippen LogP contribution in [0.5, 0.6) is 0 Å². The number of ether oxygens (including phenoxy) is 1. The first-order chi connectivity index (χ1) is 10.3. The van der Waals surface area contributed by atoms with E-state index in [0.717, 1.165) is 33.4 Å². The maximum atomic E-state index is 5.88. The molecule has 21 heavy (non-hydrogen) atoms. The van der Waals surface area contributed by atoms with Crippen LogP contribution in [-0.4, -0.2) is 16.6 Å². The Hall–Kier alpha value is -1.34. The van der Waals surface area contributed by atoms with Crippen molar-refractivity contribution < 1.29 is 4.74 Å². The smallest absolute Gasteiger partial charge is 0.149 e. The SMILES string of the molecule is NNc1nc(CSc2ccc(Cl)cc2)nc2c1COCC2. The largest absolute Gasteiger partial charge is 0.376 e. The first kappa shape index (κ1) is 14.6. The lowest BCUT2D eigenvalue weighted by molar-refractivity contribution is 0.109. The molecule has 5 nitrogen and oxygen atoms in total. The highest BCUT2D eigenvalue weighted by atomic mass is 35.5. The standard InChI is InChI=1S/C14H15ClN4OS/c15-9-1-3-10(4-2-9)21-8-13-17-12-5-6-20-7-11(12)14(18-13)19-16/h1-4H,5-8,16H2,(H,17,18,19). The van der Waals surface area contributed by atoms with Crippen LogP contribution in [-0.2, 0) is 23.5 Å². The summed E-state index contributed by atoms with van der Waals surface area (Å²) in [4.78, 5) is 10.2. The molecule has 0 aliphatic carbocycles. The van der Waals surface area contributed by atoms with Crippen molar-refractivity contribution in [2.75, 3.05) is 12.0 Å². The van der Waals surface area contributed by atoms with Crippen molar-refractivity contribution in [3.05, 3.63) is 46.4 Å². The van der Waals surface area contributed by atoms with Crippen LogP contribution in [0.2, 0.25) is 5.02 Å². The number of fused-ring (bicyclic) bond motifs is 1. The van der Waals surface area contributed by atoms with Gasteiger partial charge >= 0.3 is 0 Å². The van der Waals surface area contributed by atoms with Gasteiger partial charge in [0.15, 0.2) is 0 Å². The molecule has 3 rings (SSSR count). The van der Waals surface area contributed by atoms with Crippen LogP contribution in [0.4, 0.5) is 5.82 Å². The van der Waals surface area contributed by atoms with Gasteiger partial charge in [0.25, 0.3) is 0 Å². The lowest BCUT2D eigenvalue weighted by Gasteiger charge is -2.19. The van der Waals surface area contributed by atoms with Crippen LogP contribution >= 0.6 is 23.4 Å². The van der Waals surface area contributed by atoms with Gasteiger partial charge in [0.05, 0.1) is 24.7 Å². The second-order valence-corrected chi connectivity index (χ2v) is 6.09. The van der Waals surface area contributed by atoms with Crippen molar-refractivity contribution in [1.29, 1.82) is 0 Å². The lowest BCUT2D eigenvalue weighted by Crippen LogP contribution is -2.20. The van der Waals surface area contributed by atoms with Gasteiger partial charge in [0, 0.05) is 21.9 Å². The Morgan fingerprint density at radius 1 is 1.29 bits per heavy atom. The Balaban J connectivity index is 1.77. The van der Waals surface area contributed by atoms with Crippen LogP contribution in [0.3, 0.4) is 0 Å². The number of halogens is 1. The molecule has 0 radical (unpaired) electrons. The van der Waals surface area contributed by atoms with Crippen molar-refractivity contribution >= 4 is 29.2 Å². The van der Waals surface area contributed by atoms with Crippen molar-refractivity contribution in [2.45, 2.75) is 23.7 Å². The third kappa shape index (κ3) is 3.47.